The number of hydrogen-bond acceptors (Lipinski definition) is 8. The number of para-hydroxylation sites is 1. The predicted octanol–water partition coefficient (Wildman–Crippen LogP) is 1.69. The van der Waals surface area contributed by atoms with E-state index in [0.29, 0.717) is 49.5 Å². The molecule has 4 heterocycles. The number of H-pyrrole nitrogens is 2. The van der Waals surface area contributed by atoms with Crippen LogP contribution in [0.15, 0.2) is 24.5 Å². The summed E-state index contributed by atoms with van der Waals surface area (Å²) in [5.74, 6) is 2.58. The Kier molecular flexibility index (Phi) is 5.53. The number of nitrogens with zero attached hydrogens (tertiary/aromatic N) is 7. The monoisotopic (exact) mass is 435 g/mol. The van der Waals surface area contributed by atoms with Crippen LogP contribution >= 0.6 is 0 Å². The molecule has 32 heavy (non-hydrogen) atoms. The lowest BCUT2D eigenvalue weighted by Crippen LogP contribution is -2.49. The van der Waals surface area contributed by atoms with Crippen molar-refractivity contribution in [1.82, 2.24) is 40.2 Å². The highest BCUT2D eigenvalue weighted by atomic mass is 16.5. The molecular weight excluding hydrogens is 410 g/mol. The largest absolute Gasteiger partial charge is 0.491 e. The van der Waals surface area contributed by atoms with Gasteiger partial charge in [0.1, 0.15) is 28.9 Å². The van der Waals surface area contributed by atoms with Crippen molar-refractivity contribution in [3.8, 4) is 5.75 Å². The average molecular weight is 435 g/mol. The number of anilines is 1. The highest BCUT2D eigenvalue weighted by Crippen LogP contribution is 2.23. The third-order valence-electron chi connectivity index (χ3n) is 5.69. The highest BCUT2D eigenvalue weighted by Gasteiger charge is 2.24. The summed E-state index contributed by atoms with van der Waals surface area (Å²) in [5.41, 5.74) is 3.02. The Morgan fingerprint density at radius 2 is 2.03 bits per heavy atom. The molecule has 0 radical (unpaired) electrons. The molecular formula is C21H25N9O2. The van der Waals surface area contributed by atoms with Gasteiger partial charge in [-0.25, -0.2) is 15.0 Å². The number of nitrogens with one attached hydrogen (secondary N) is 2. The van der Waals surface area contributed by atoms with Crippen LogP contribution in [-0.4, -0.2) is 78.9 Å². The van der Waals surface area contributed by atoms with E-state index >= 15 is 0 Å². The maximum absolute atomic E-state index is 12.7. The summed E-state index contributed by atoms with van der Waals surface area (Å²) in [6, 6.07) is 5.61. The number of carbonyl (C=O) groups is 1. The molecule has 0 aliphatic carbocycles. The molecule has 4 aromatic rings. The first-order valence-corrected chi connectivity index (χ1v) is 10.9. The molecule has 1 saturated heterocycles. The topological polar surface area (TPSA) is 129 Å². The number of hydrogen-bond donors (Lipinski definition) is 2. The SMILES string of the molecule is CCc1nc2ncnc(N3CCN(C(=O)CCCOc4cccc5n[nH]nc45)CC3)c2[nH]1. The van der Waals surface area contributed by atoms with E-state index in [2.05, 4.69) is 47.2 Å². The lowest BCUT2D eigenvalue weighted by Gasteiger charge is -2.35. The molecule has 166 valence electrons. The normalized spacial score (nSPS) is 14.4. The van der Waals surface area contributed by atoms with Gasteiger partial charge in [0.15, 0.2) is 17.0 Å². The van der Waals surface area contributed by atoms with Gasteiger partial charge < -0.3 is 19.5 Å². The summed E-state index contributed by atoms with van der Waals surface area (Å²) in [6.45, 7) is 5.29. The van der Waals surface area contributed by atoms with Crippen LogP contribution in [0, 0.1) is 0 Å². The van der Waals surface area contributed by atoms with Crippen LogP contribution in [-0.2, 0) is 11.2 Å². The predicted molar refractivity (Wildman–Crippen MR) is 118 cm³/mol. The van der Waals surface area contributed by atoms with Gasteiger partial charge in [0.25, 0.3) is 0 Å². The summed E-state index contributed by atoms with van der Waals surface area (Å²) in [4.78, 5) is 33.3. The molecule has 0 bridgehead atoms. The van der Waals surface area contributed by atoms with Gasteiger partial charge in [-0.15, -0.1) is 0 Å². The van der Waals surface area contributed by atoms with Gasteiger partial charge in [-0.1, -0.05) is 13.0 Å². The summed E-state index contributed by atoms with van der Waals surface area (Å²) < 4.78 is 5.82. The van der Waals surface area contributed by atoms with Crippen molar-refractivity contribution >= 4 is 33.9 Å². The Labute approximate surface area is 184 Å². The van der Waals surface area contributed by atoms with Crippen LogP contribution in [0.25, 0.3) is 22.2 Å². The maximum atomic E-state index is 12.7. The minimum absolute atomic E-state index is 0.149. The number of aromatic amines is 2. The van der Waals surface area contributed by atoms with E-state index in [1.807, 2.05) is 23.1 Å². The van der Waals surface area contributed by atoms with E-state index in [0.717, 1.165) is 42.2 Å². The van der Waals surface area contributed by atoms with Crippen LogP contribution in [0.2, 0.25) is 0 Å². The summed E-state index contributed by atoms with van der Waals surface area (Å²) in [7, 11) is 0. The molecule has 1 aliphatic rings. The first-order chi connectivity index (χ1) is 15.7. The number of piperazine rings is 1. The van der Waals surface area contributed by atoms with Crippen molar-refractivity contribution in [1.29, 1.82) is 0 Å². The van der Waals surface area contributed by atoms with Crippen LogP contribution in [0.5, 0.6) is 5.75 Å². The Morgan fingerprint density at radius 1 is 1.16 bits per heavy atom. The average Bonchev–Trinajstić information content (AvgIpc) is 3.48. The van der Waals surface area contributed by atoms with Gasteiger partial charge in [-0.05, 0) is 18.6 Å². The second kappa shape index (κ2) is 8.77. The molecule has 0 spiro atoms. The van der Waals surface area contributed by atoms with Gasteiger partial charge in [0.2, 0.25) is 5.91 Å². The molecule has 1 amide bonds. The molecule has 1 fully saturated rings. The molecule has 3 aromatic heterocycles. The van der Waals surface area contributed by atoms with E-state index in [1.54, 1.807) is 6.33 Å². The van der Waals surface area contributed by atoms with Crippen LogP contribution in [0.1, 0.15) is 25.6 Å². The molecule has 2 N–H and O–H groups in total. The summed E-state index contributed by atoms with van der Waals surface area (Å²) in [5, 5.41) is 10.8. The Morgan fingerprint density at radius 3 is 2.88 bits per heavy atom. The second-order valence-electron chi connectivity index (χ2n) is 7.70. The molecule has 11 heteroatoms. The van der Waals surface area contributed by atoms with E-state index in [1.165, 1.54) is 0 Å². The zero-order valence-corrected chi connectivity index (χ0v) is 17.9. The number of rotatable bonds is 7. The van der Waals surface area contributed by atoms with Gasteiger partial charge in [-0.2, -0.15) is 15.4 Å². The van der Waals surface area contributed by atoms with Gasteiger partial charge in [0, 0.05) is 39.0 Å². The van der Waals surface area contributed by atoms with Crippen molar-refractivity contribution in [2.24, 2.45) is 0 Å². The third-order valence-corrected chi connectivity index (χ3v) is 5.69. The standard InChI is InChI=1S/C21H25N9O2/c1-2-16-24-19-20(25-16)22-13-23-21(19)30-10-8-29(9-11-30)17(31)7-4-12-32-15-6-3-5-14-18(15)27-28-26-14/h3,5-6,13H,2,4,7-12H2,1H3,(H,26,27,28)(H,22,23,24,25). The molecule has 11 nitrogen and oxygen atoms in total. The molecule has 0 atom stereocenters. The van der Waals surface area contributed by atoms with Crippen molar-refractivity contribution < 1.29 is 9.53 Å². The van der Waals surface area contributed by atoms with Gasteiger partial charge >= 0.3 is 0 Å². The van der Waals surface area contributed by atoms with E-state index in [9.17, 15) is 4.79 Å². The van der Waals surface area contributed by atoms with Crippen LogP contribution in [0.4, 0.5) is 5.82 Å². The zero-order valence-electron chi connectivity index (χ0n) is 17.9. The fraction of sp³-hybridized carbons (Fsp3) is 0.429. The quantitative estimate of drug-likeness (QED) is 0.420. The second-order valence-corrected chi connectivity index (χ2v) is 7.70. The molecule has 1 aromatic carbocycles. The smallest absolute Gasteiger partial charge is 0.222 e. The first-order valence-electron chi connectivity index (χ1n) is 10.9. The Balaban J connectivity index is 1.12. The molecule has 0 saturated carbocycles. The number of aromatic nitrogens is 7. The third kappa shape index (κ3) is 3.93. The summed E-state index contributed by atoms with van der Waals surface area (Å²) >= 11 is 0. The van der Waals surface area contributed by atoms with E-state index in [-0.39, 0.29) is 5.91 Å². The first kappa shape index (κ1) is 20.2. The number of amides is 1. The van der Waals surface area contributed by atoms with Crippen LogP contribution in [0.3, 0.4) is 0 Å². The zero-order chi connectivity index (χ0) is 21.9. The van der Waals surface area contributed by atoms with E-state index < -0.39 is 0 Å². The number of carbonyl (C=O) groups excluding carboxylic acids is 1. The van der Waals surface area contributed by atoms with Crippen LogP contribution < -0.4 is 9.64 Å². The molecule has 1 aliphatic heterocycles. The summed E-state index contributed by atoms with van der Waals surface area (Å²) in [6.07, 6.45) is 3.46. The van der Waals surface area contributed by atoms with Crippen molar-refractivity contribution in [3.63, 3.8) is 0 Å². The van der Waals surface area contributed by atoms with Gasteiger partial charge in [0.05, 0.1) is 6.61 Å². The van der Waals surface area contributed by atoms with Crippen molar-refractivity contribution in [2.75, 3.05) is 37.7 Å². The number of imidazole rings is 1. The van der Waals surface area contributed by atoms with Gasteiger partial charge in [-0.3, -0.25) is 4.79 Å². The van der Waals surface area contributed by atoms with Crippen molar-refractivity contribution in [2.45, 2.75) is 26.2 Å². The van der Waals surface area contributed by atoms with Crippen molar-refractivity contribution in [3.05, 3.63) is 30.4 Å². The van der Waals surface area contributed by atoms with E-state index in [4.69, 9.17) is 4.74 Å². The minimum Gasteiger partial charge on any atom is -0.491 e. The number of fused-ring (bicyclic) bond motifs is 2. The molecule has 0 unspecified atom stereocenters. The Hall–Kier alpha value is -3.76. The Bertz CT molecular complexity index is 1230. The maximum Gasteiger partial charge on any atom is 0.222 e. The highest BCUT2D eigenvalue weighted by molar-refractivity contribution is 5.83. The lowest BCUT2D eigenvalue weighted by atomic mass is 10.2. The minimum atomic E-state index is 0.149. The fourth-order valence-corrected chi connectivity index (χ4v) is 3.96. The fourth-order valence-electron chi connectivity index (χ4n) is 3.96. The number of benzene rings is 1. The number of ether oxygens (including phenoxy) is 1. The molecule has 5 rings (SSSR count). The number of aryl methyl sites for hydroxylation is 1. The lowest BCUT2D eigenvalue weighted by molar-refractivity contribution is -0.131.